The van der Waals surface area contributed by atoms with Crippen molar-refractivity contribution in [1.82, 2.24) is 15.2 Å². The van der Waals surface area contributed by atoms with Crippen LogP contribution in [0.2, 0.25) is 0 Å². The molecule has 0 bridgehead atoms. The molecule has 1 N–H and O–H groups in total. The standard InChI is InChI=1S/C21H28N4O/c1-18-6-4-8-20(16-18)25-14-12-24(13-15-25)11-3-2-10-23-21(26)19-7-5-9-22-17-19/h4-9,16-17H,2-3,10-15H2,1H3,(H,23,26). The number of anilines is 1. The summed E-state index contributed by atoms with van der Waals surface area (Å²) in [6.45, 7) is 8.35. The maximum Gasteiger partial charge on any atom is 0.252 e. The van der Waals surface area contributed by atoms with Gasteiger partial charge in [-0.25, -0.2) is 0 Å². The van der Waals surface area contributed by atoms with Crippen molar-refractivity contribution in [3.63, 3.8) is 0 Å². The van der Waals surface area contributed by atoms with Gasteiger partial charge in [-0.2, -0.15) is 0 Å². The first-order valence-corrected chi connectivity index (χ1v) is 9.44. The molecule has 0 spiro atoms. The number of nitrogens with zero attached hydrogens (tertiary/aromatic N) is 3. The molecule has 3 rings (SSSR count). The number of pyridine rings is 1. The van der Waals surface area contributed by atoms with Gasteiger partial charge in [-0.1, -0.05) is 12.1 Å². The van der Waals surface area contributed by atoms with Gasteiger partial charge < -0.3 is 10.2 Å². The maximum absolute atomic E-state index is 11.9. The monoisotopic (exact) mass is 352 g/mol. The van der Waals surface area contributed by atoms with E-state index in [4.69, 9.17) is 0 Å². The van der Waals surface area contributed by atoms with Gasteiger partial charge in [0.25, 0.3) is 5.91 Å². The van der Waals surface area contributed by atoms with Crippen molar-refractivity contribution in [2.75, 3.05) is 44.2 Å². The second-order valence-corrected chi connectivity index (χ2v) is 6.87. The summed E-state index contributed by atoms with van der Waals surface area (Å²) in [6, 6.07) is 12.3. The molecule has 5 nitrogen and oxygen atoms in total. The number of unbranched alkanes of at least 4 members (excludes halogenated alkanes) is 1. The first-order valence-electron chi connectivity index (χ1n) is 9.44. The molecule has 2 heterocycles. The average Bonchev–Trinajstić information content (AvgIpc) is 2.69. The van der Waals surface area contributed by atoms with Crippen LogP contribution in [0.1, 0.15) is 28.8 Å². The Balaban J connectivity index is 1.30. The van der Waals surface area contributed by atoms with E-state index in [9.17, 15) is 4.79 Å². The fraction of sp³-hybridized carbons (Fsp3) is 0.429. The first-order chi connectivity index (χ1) is 12.7. The van der Waals surface area contributed by atoms with Crippen LogP contribution >= 0.6 is 0 Å². The summed E-state index contributed by atoms with van der Waals surface area (Å²) in [4.78, 5) is 20.9. The molecule has 0 radical (unpaired) electrons. The second kappa shape index (κ2) is 9.34. The van der Waals surface area contributed by atoms with Crippen LogP contribution in [0.25, 0.3) is 0 Å². The van der Waals surface area contributed by atoms with Crippen LogP contribution in [-0.4, -0.2) is 55.1 Å². The lowest BCUT2D eigenvalue weighted by molar-refractivity contribution is 0.0952. The van der Waals surface area contributed by atoms with Gasteiger partial charge in [0.05, 0.1) is 5.56 Å². The van der Waals surface area contributed by atoms with E-state index in [-0.39, 0.29) is 5.91 Å². The summed E-state index contributed by atoms with van der Waals surface area (Å²) in [5, 5.41) is 2.96. The Labute approximate surface area is 156 Å². The van der Waals surface area contributed by atoms with E-state index in [1.807, 2.05) is 0 Å². The number of aromatic nitrogens is 1. The molecule has 2 aromatic rings. The van der Waals surface area contributed by atoms with Crippen molar-refractivity contribution in [2.45, 2.75) is 19.8 Å². The number of carbonyl (C=O) groups is 1. The number of benzene rings is 1. The normalized spacial score (nSPS) is 15.0. The highest BCUT2D eigenvalue weighted by Crippen LogP contribution is 2.17. The van der Waals surface area contributed by atoms with Crippen LogP contribution < -0.4 is 10.2 Å². The van der Waals surface area contributed by atoms with Gasteiger partial charge in [-0.15, -0.1) is 0 Å². The van der Waals surface area contributed by atoms with Gasteiger partial charge in [-0.3, -0.25) is 14.7 Å². The molecule has 5 heteroatoms. The lowest BCUT2D eigenvalue weighted by atomic mass is 10.2. The molecule has 0 aliphatic carbocycles. The van der Waals surface area contributed by atoms with Gasteiger partial charge in [0.1, 0.15) is 0 Å². The van der Waals surface area contributed by atoms with Crippen LogP contribution in [0.15, 0.2) is 48.8 Å². The smallest absolute Gasteiger partial charge is 0.252 e. The highest BCUT2D eigenvalue weighted by molar-refractivity contribution is 5.93. The molecule has 0 atom stereocenters. The van der Waals surface area contributed by atoms with Crippen LogP contribution in [0.3, 0.4) is 0 Å². The average molecular weight is 352 g/mol. The Morgan fingerprint density at radius 1 is 1.12 bits per heavy atom. The Bertz CT molecular complexity index is 696. The van der Waals surface area contributed by atoms with E-state index < -0.39 is 0 Å². The third-order valence-corrected chi connectivity index (χ3v) is 4.85. The lowest BCUT2D eigenvalue weighted by Gasteiger charge is -2.36. The minimum Gasteiger partial charge on any atom is -0.369 e. The minimum absolute atomic E-state index is 0.0372. The summed E-state index contributed by atoms with van der Waals surface area (Å²) in [5.74, 6) is -0.0372. The van der Waals surface area contributed by atoms with Crippen LogP contribution in [0.5, 0.6) is 0 Å². The largest absolute Gasteiger partial charge is 0.369 e. The van der Waals surface area contributed by atoms with Crippen molar-refractivity contribution < 1.29 is 4.79 Å². The van der Waals surface area contributed by atoms with Gasteiger partial charge in [-0.05, 0) is 56.1 Å². The molecular weight excluding hydrogens is 324 g/mol. The summed E-state index contributed by atoms with van der Waals surface area (Å²) in [5.41, 5.74) is 3.28. The number of amides is 1. The summed E-state index contributed by atoms with van der Waals surface area (Å²) < 4.78 is 0. The Morgan fingerprint density at radius 2 is 1.96 bits per heavy atom. The fourth-order valence-corrected chi connectivity index (χ4v) is 3.32. The van der Waals surface area contributed by atoms with Crippen LogP contribution in [0.4, 0.5) is 5.69 Å². The lowest BCUT2D eigenvalue weighted by Crippen LogP contribution is -2.46. The van der Waals surface area contributed by atoms with Crippen molar-refractivity contribution in [1.29, 1.82) is 0 Å². The zero-order valence-corrected chi connectivity index (χ0v) is 15.5. The van der Waals surface area contributed by atoms with E-state index >= 15 is 0 Å². The van der Waals surface area contributed by atoms with Crippen molar-refractivity contribution in [2.24, 2.45) is 0 Å². The van der Waals surface area contributed by atoms with Gasteiger partial charge in [0, 0.05) is 50.8 Å². The number of aryl methyl sites for hydroxylation is 1. The number of piperazine rings is 1. The molecule has 1 aliphatic heterocycles. The number of hydrogen-bond donors (Lipinski definition) is 1. The zero-order chi connectivity index (χ0) is 18.2. The summed E-state index contributed by atoms with van der Waals surface area (Å²) >= 11 is 0. The predicted octanol–water partition coefficient (Wildman–Crippen LogP) is 2.72. The molecule has 0 unspecified atom stereocenters. The summed E-state index contributed by atoms with van der Waals surface area (Å²) in [6.07, 6.45) is 5.39. The van der Waals surface area contributed by atoms with Crippen molar-refractivity contribution in [3.8, 4) is 0 Å². The van der Waals surface area contributed by atoms with Crippen molar-refractivity contribution in [3.05, 3.63) is 59.9 Å². The molecule has 1 saturated heterocycles. The topological polar surface area (TPSA) is 48.5 Å². The van der Waals surface area contributed by atoms with E-state index in [0.717, 1.165) is 52.1 Å². The highest BCUT2D eigenvalue weighted by atomic mass is 16.1. The predicted molar refractivity (Wildman–Crippen MR) is 106 cm³/mol. The molecule has 138 valence electrons. The highest BCUT2D eigenvalue weighted by Gasteiger charge is 2.16. The van der Waals surface area contributed by atoms with E-state index in [1.54, 1.807) is 24.5 Å². The van der Waals surface area contributed by atoms with Gasteiger partial charge >= 0.3 is 0 Å². The number of nitrogens with one attached hydrogen (secondary N) is 1. The molecule has 1 aromatic heterocycles. The molecule has 0 saturated carbocycles. The molecular formula is C21H28N4O. The Kier molecular flexibility index (Phi) is 6.61. The third kappa shape index (κ3) is 5.30. The van der Waals surface area contributed by atoms with Crippen molar-refractivity contribution >= 4 is 11.6 Å². The molecule has 1 aromatic carbocycles. The van der Waals surface area contributed by atoms with Crippen LogP contribution in [-0.2, 0) is 0 Å². The fourth-order valence-electron chi connectivity index (χ4n) is 3.32. The van der Waals surface area contributed by atoms with Gasteiger partial charge in [0.2, 0.25) is 0 Å². The Hall–Kier alpha value is -2.40. The molecule has 1 aliphatic rings. The Morgan fingerprint density at radius 3 is 2.69 bits per heavy atom. The summed E-state index contributed by atoms with van der Waals surface area (Å²) in [7, 11) is 0. The van der Waals surface area contributed by atoms with E-state index in [1.165, 1.54) is 11.3 Å². The maximum atomic E-state index is 11.9. The zero-order valence-electron chi connectivity index (χ0n) is 15.5. The number of rotatable bonds is 7. The van der Waals surface area contributed by atoms with Gasteiger partial charge in [0.15, 0.2) is 0 Å². The molecule has 1 fully saturated rings. The molecule has 1 amide bonds. The number of hydrogen-bond acceptors (Lipinski definition) is 4. The quantitative estimate of drug-likeness (QED) is 0.779. The third-order valence-electron chi connectivity index (χ3n) is 4.85. The minimum atomic E-state index is -0.0372. The van der Waals surface area contributed by atoms with E-state index in [0.29, 0.717) is 5.56 Å². The molecule has 26 heavy (non-hydrogen) atoms. The van der Waals surface area contributed by atoms with E-state index in [2.05, 4.69) is 51.3 Å². The first kappa shape index (κ1) is 18.4. The second-order valence-electron chi connectivity index (χ2n) is 6.87. The number of carbonyl (C=O) groups excluding carboxylic acids is 1. The SMILES string of the molecule is Cc1cccc(N2CCN(CCCCNC(=O)c3cccnc3)CC2)c1. The van der Waals surface area contributed by atoms with Crippen LogP contribution in [0, 0.1) is 6.92 Å².